The molecule has 2 atom stereocenters. The lowest BCUT2D eigenvalue weighted by Gasteiger charge is -2.24. The zero-order valence-corrected chi connectivity index (χ0v) is 14.3. The average Bonchev–Trinajstić information content (AvgIpc) is 2.93. The molecule has 2 heterocycles. The van der Waals surface area contributed by atoms with E-state index in [9.17, 15) is 19.2 Å². The van der Waals surface area contributed by atoms with Gasteiger partial charge in [-0.05, 0) is 24.6 Å². The molecule has 138 valence electrons. The van der Waals surface area contributed by atoms with Crippen LogP contribution in [0.2, 0.25) is 5.02 Å². The maximum atomic E-state index is 12.7. The van der Waals surface area contributed by atoms with Gasteiger partial charge in [0.05, 0.1) is 17.3 Å². The van der Waals surface area contributed by atoms with Crippen molar-refractivity contribution in [2.75, 3.05) is 25.1 Å². The Morgan fingerprint density at radius 3 is 2.85 bits per heavy atom. The van der Waals surface area contributed by atoms with Crippen LogP contribution in [0.3, 0.4) is 0 Å². The predicted molar refractivity (Wildman–Crippen MR) is 89.9 cm³/mol. The summed E-state index contributed by atoms with van der Waals surface area (Å²) in [6.07, 6.45) is 0.400. The van der Waals surface area contributed by atoms with E-state index in [2.05, 4.69) is 10.6 Å². The van der Waals surface area contributed by atoms with Gasteiger partial charge in [-0.2, -0.15) is 0 Å². The molecule has 3 amide bonds. The Morgan fingerprint density at radius 2 is 2.12 bits per heavy atom. The second-order valence-corrected chi connectivity index (χ2v) is 6.41. The number of halogens is 1. The molecule has 10 heteroatoms. The highest BCUT2D eigenvalue weighted by Crippen LogP contribution is 2.30. The maximum absolute atomic E-state index is 12.7. The fourth-order valence-electron chi connectivity index (χ4n) is 3.14. The quantitative estimate of drug-likeness (QED) is 0.664. The van der Waals surface area contributed by atoms with E-state index in [-0.39, 0.29) is 5.91 Å². The molecule has 3 rings (SSSR count). The van der Waals surface area contributed by atoms with Crippen LogP contribution >= 0.6 is 11.6 Å². The molecule has 1 fully saturated rings. The van der Waals surface area contributed by atoms with E-state index in [1.165, 1.54) is 11.0 Å². The first kappa shape index (κ1) is 18.2. The van der Waals surface area contributed by atoms with Crippen molar-refractivity contribution in [1.82, 2.24) is 10.2 Å². The minimum absolute atomic E-state index is 0.305. The number of fused-ring (bicyclic) bond motifs is 2. The third-order valence-electron chi connectivity index (χ3n) is 4.20. The van der Waals surface area contributed by atoms with Crippen molar-refractivity contribution >= 4 is 41.0 Å². The first-order valence-corrected chi connectivity index (χ1v) is 8.25. The summed E-state index contributed by atoms with van der Waals surface area (Å²) in [6, 6.07) is 3.16. The standard InChI is InChI=1S/C16H16ClN3O6/c17-8-1-2-9-11(5-8)19-15(24)14-10(3-4-20(14)16(9)25)18-12(21)6-26-7-13(22)23/h1-2,5,10,14H,3-4,6-7H2,(H,18,21)(H,19,24)(H,22,23). The fourth-order valence-corrected chi connectivity index (χ4v) is 3.31. The molecule has 1 saturated heterocycles. The molecule has 2 aliphatic heterocycles. The Bertz CT molecular complexity index is 783. The van der Waals surface area contributed by atoms with Crippen molar-refractivity contribution < 1.29 is 29.0 Å². The molecule has 1 aromatic rings. The smallest absolute Gasteiger partial charge is 0.329 e. The molecule has 0 spiro atoms. The van der Waals surface area contributed by atoms with E-state index in [0.717, 1.165) is 0 Å². The van der Waals surface area contributed by atoms with Crippen LogP contribution in [0.25, 0.3) is 0 Å². The number of benzene rings is 1. The van der Waals surface area contributed by atoms with Crippen molar-refractivity contribution in [3.05, 3.63) is 28.8 Å². The molecule has 2 aliphatic rings. The normalized spacial score (nSPS) is 21.5. The monoisotopic (exact) mass is 381 g/mol. The number of carboxylic acids is 1. The number of nitrogens with zero attached hydrogens (tertiary/aromatic N) is 1. The summed E-state index contributed by atoms with van der Waals surface area (Å²) < 4.78 is 4.73. The second kappa shape index (κ2) is 7.30. The van der Waals surface area contributed by atoms with Crippen LogP contribution in [0.15, 0.2) is 18.2 Å². The lowest BCUT2D eigenvalue weighted by molar-refractivity contribution is -0.143. The highest BCUT2D eigenvalue weighted by atomic mass is 35.5. The number of amides is 3. The highest BCUT2D eigenvalue weighted by Gasteiger charge is 2.45. The first-order valence-electron chi connectivity index (χ1n) is 7.87. The van der Waals surface area contributed by atoms with Gasteiger partial charge < -0.3 is 25.4 Å². The van der Waals surface area contributed by atoms with E-state index in [1.807, 2.05) is 0 Å². The second-order valence-electron chi connectivity index (χ2n) is 5.97. The van der Waals surface area contributed by atoms with Crippen LogP contribution < -0.4 is 10.6 Å². The third kappa shape index (κ3) is 3.63. The molecule has 1 aromatic carbocycles. The van der Waals surface area contributed by atoms with Crippen LogP contribution in [-0.4, -0.2) is 65.5 Å². The molecule has 0 radical (unpaired) electrons. The van der Waals surface area contributed by atoms with Crippen molar-refractivity contribution in [3.8, 4) is 0 Å². The van der Waals surface area contributed by atoms with Crippen LogP contribution in [0.4, 0.5) is 5.69 Å². The summed E-state index contributed by atoms with van der Waals surface area (Å²) in [7, 11) is 0. The average molecular weight is 382 g/mol. The largest absolute Gasteiger partial charge is 0.480 e. The van der Waals surface area contributed by atoms with Crippen LogP contribution in [0.5, 0.6) is 0 Å². The van der Waals surface area contributed by atoms with Gasteiger partial charge in [0.15, 0.2) is 0 Å². The van der Waals surface area contributed by atoms with Crippen molar-refractivity contribution in [2.45, 2.75) is 18.5 Å². The minimum Gasteiger partial charge on any atom is -0.480 e. The SMILES string of the molecule is O=C(O)COCC(=O)NC1CCN2C(=O)c3ccc(Cl)cc3NC(=O)C12. The molecular formula is C16H16ClN3O6. The third-order valence-corrected chi connectivity index (χ3v) is 4.44. The van der Waals surface area contributed by atoms with Gasteiger partial charge in [0.1, 0.15) is 19.3 Å². The summed E-state index contributed by atoms with van der Waals surface area (Å²) in [6.45, 7) is -0.733. The first-order chi connectivity index (χ1) is 12.4. The molecule has 9 nitrogen and oxygen atoms in total. The lowest BCUT2D eigenvalue weighted by atomic mass is 10.1. The summed E-state index contributed by atoms with van der Waals surface area (Å²) in [5.74, 6) is -2.48. The highest BCUT2D eigenvalue weighted by molar-refractivity contribution is 6.31. The molecule has 0 aromatic heterocycles. The predicted octanol–water partition coefficient (Wildman–Crippen LogP) is 0.0926. The van der Waals surface area contributed by atoms with E-state index < -0.39 is 43.1 Å². The van der Waals surface area contributed by atoms with Gasteiger partial charge in [-0.25, -0.2) is 4.79 Å². The van der Waals surface area contributed by atoms with E-state index in [1.54, 1.807) is 12.1 Å². The zero-order chi connectivity index (χ0) is 18.8. The number of carbonyl (C=O) groups excluding carboxylic acids is 3. The van der Waals surface area contributed by atoms with Gasteiger partial charge in [0.2, 0.25) is 11.8 Å². The Morgan fingerprint density at radius 1 is 1.35 bits per heavy atom. The summed E-state index contributed by atoms with van der Waals surface area (Å²) in [5, 5.41) is 14.2. The van der Waals surface area contributed by atoms with Gasteiger partial charge in [-0.1, -0.05) is 11.6 Å². The molecule has 0 bridgehead atoms. The molecular weight excluding hydrogens is 366 g/mol. The summed E-state index contributed by atoms with van der Waals surface area (Å²) in [4.78, 5) is 49.1. The van der Waals surface area contributed by atoms with Gasteiger partial charge in [-0.15, -0.1) is 0 Å². The number of anilines is 1. The Labute approximate surface area is 153 Å². The number of ether oxygens (including phenoxy) is 1. The number of carbonyl (C=O) groups is 4. The van der Waals surface area contributed by atoms with E-state index in [0.29, 0.717) is 29.2 Å². The van der Waals surface area contributed by atoms with Crippen LogP contribution in [0, 0.1) is 0 Å². The molecule has 2 unspecified atom stereocenters. The van der Waals surface area contributed by atoms with Crippen LogP contribution in [0.1, 0.15) is 16.8 Å². The van der Waals surface area contributed by atoms with Crippen molar-refractivity contribution in [3.63, 3.8) is 0 Å². The van der Waals surface area contributed by atoms with Crippen molar-refractivity contribution in [1.29, 1.82) is 0 Å². The Hall–Kier alpha value is -2.65. The zero-order valence-electron chi connectivity index (χ0n) is 13.5. The molecule has 26 heavy (non-hydrogen) atoms. The number of hydrogen-bond donors (Lipinski definition) is 3. The fraction of sp³-hybridized carbons (Fsp3) is 0.375. The van der Waals surface area contributed by atoms with Gasteiger partial charge in [0, 0.05) is 11.6 Å². The van der Waals surface area contributed by atoms with Gasteiger partial charge in [-0.3, -0.25) is 14.4 Å². The van der Waals surface area contributed by atoms with Crippen LogP contribution in [-0.2, 0) is 19.1 Å². The number of aliphatic carboxylic acids is 1. The molecule has 0 aliphatic carbocycles. The topological polar surface area (TPSA) is 125 Å². The number of hydrogen-bond acceptors (Lipinski definition) is 5. The minimum atomic E-state index is -1.19. The lowest BCUT2D eigenvalue weighted by Crippen LogP contribution is -2.52. The van der Waals surface area contributed by atoms with E-state index in [4.69, 9.17) is 21.4 Å². The maximum Gasteiger partial charge on any atom is 0.329 e. The number of rotatable bonds is 5. The Balaban J connectivity index is 1.73. The summed E-state index contributed by atoms with van der Waals surface area (Å²) >= 11 is 5.93. The van der Waals surface area contributed by atoms with E-state index >= 15 is 0 Å². The molecule has 3 N–H and O–H groups in total. The number of nitrogens with one attached hydrogen (secondary N) is 2. The van der Waals surface area contributed by atoms with Gasteiger partial charge >= 0.3 is 5.97 Å². The van der Waals surface area contributed by atoms with Gasteiger partial charge in [0.25, 0.3) is 5.91 Å². The number of carboxylic acid groups (broad SMARTS) is 1. The molecule has 0 saturated carbocycles. The Kier molecular flexibility index (Phi) is 5.10. The summed E-state index contributed by atoms with van der Waals surface area (Å²) in [5.41, 5.74) is 0.666. The van der Waals surface area contributed by atoms with Crippen molar-refractivity contribution in [2.24, 2.45) is 0 Å².